The highest BCUT2D eigenvalue weighted by atomic mass is 35.5. The predicted octanol–water partition coefficient (Wildman–Crippen LogP) is 2.77. The van der Waals surface area contributed by atoms with E-state index in [1.165, 1.54) is 0 Å². The fourth-order valence-electron chi connectivity index (χ4n) is 1.57. The van der Waals surface area contributed by atoms with Crippen LogP contribution in [0, 0.1) is 0 Å². The number of fused-ring (bicyclic) bond motifs is 1. The van der Waals surface area contributed by atoms with Crippen molar-refractivity contribution in [2.75, 3.05) is 6.54 Å². The Morgan fingerprint density at radius 3 is 2.85 bits per heavy atom. The molecule has 110 valence electrons. The highest BCUT2D eigenvalue weighted by Gasteiger charge is 2.21. The summed E-state index contributed by atoms with van der Waals surface area (Å²) in [5.41, 5.74) is 5.75. The van der Waals surface area contributed by atoms with Crippen molar-refractivity contribution >= 4 is 51.5 Å². The number of halogens is 2. The lowest BCUT2D eigenvalue weighted by molar-refractivity contribution is -0.125. The summed E-state index contributed by atoms with van der Waals surface area (Å²) in [7, 11) is 0. The highest BCUT2D eigenvalue weighted by Crippen LogP contribution is 2.24. The van der Waals surface area contributed by atoms with Crippen molar-refractivity contribution < 1.29 is 4.79 Å². The maximum absolute atomic E-state index is 11.6. The van der Waals surface area contributed by atoms with Crippen molar-refractivity contribution in [2.24, 2.45) is 5.73 Å². The van der Waals surface area contributed by atoms with Crippen LogP contribution in [-0.4, -0.2) is 23.0 Å². The van der Waals surface area contributed by atoms with Crippen LogP contribution < -0.4 is 11.1 Å². The number of aromatic nitrogens is 1. The van der Waals surface area contributed by atoms with E-state index in [9.17, 15) is 4.79 Å². The SMILES string of the molecule is CC(C)(N)C(=O)NCCc1nc2cc(Cl)ccc2s1.Cl. The minimum absolute atomic E-state index is 0. The molecule has 20 heavy (non-hydrogen) atoms. The molecule has 7 heteroatoms. The van der Waals surface area contributed by atoms with Crippen LogP contribution in [0.2, 0.25) is 5.02 Å². The number of hydrogen-bond donors (Lipinski definition) is 2. The summed E-state index contributed by atoms with van der Waals surface area (Å²) < 4.78 is 1.10. The van der Waals surface area contributed by atoms with Crippen LogP contribution in [0.15, 0.2) is 18.2 Å². The van der Waals surface area contributed by atoms with Gasteiger partial charge in [-0.1, -0.05) is 11.6 Å². The second-order valence-corrected chi connectivity index (χ2v) is 6.50. The predicted molar refractivity (Wildman–Crippen MR) is 86.9 cm³/mol. The van der Waals surface area contributed by atoms with Gasteiger partial charge in [0.1, 0.15) is 0 Å². The van der Waals surface area contributed by atoms with E-state index in [4.69, 9.17) is 17.3 Å². The van der Waals surface area contributed by atoms with E-state index >= 15 is 0 Å². The fraction of sp³-hybridized carbons (Fsp3) is 0.385. The minimum Gasteiger partial charge on any atom is -0.354 e. The van der Waals surface area contributed by atoms with E-state index in [1.807, 2.05) is 18.2 Å². The van der Waals surface area contributed by atoms with E-state index in [0.29, 0.717) is 18.0 Å². The van der Waals surface area contributed by atoms with Crippen LogP contribution in [-0.2, 0) is 11.2 Å². The first-order valence-corrected chi connectivity index (χ1v) is 7.18. The quantitative estimate of drug-likeness (QED) is 0.903. The Kier molecular flexibility index (Phi) is 5.77. The number of nitrogens with one attached hydrogen (secondary N) is 1. The second kappa shape index (κ2) is 6.72. The molecular weight excluding hydrogens is 317 g/mol. The molecule has 3 N–H and O–H groups in total. The molecular formula is C13H17Cl2N3OS. The molecule has 4 nitrogen and oxygen atoms in total. The van der Waals surface area contributed by atoms with Gasteiger partial charge in [-0.25, -0.2) is 4.98 Å². The first kappa shape index (κ1) is 17.2. The first-order valence-electron chi connectivity index (χ1n) is 5.98. The molecule has 0 atom stereocenters. The Labute approximate surface area is 133 Å². The molecule has 0 saturated carbocycles. The summed E-state index contributed by atoms with van der Waals surface area (Å²) in [5.74, 6) is -0.156. The van der Waals surface area contributed by atoms with E-state index < -0.39 is 5.54 Å². The largest absolute Gasteiger partial charge is 0.354 e. The molecule has 2 rings (SSSR count). The smallest absolute Gasteiger partial charge is 0.239 e. The Hall–Kier alpha value is -0.880. The summed E-state index contributed by atoms with van der Waals surface area (Å²) in [6.45, 7) is 3.90. The van der Waals surface area contributed by atoms with Crippen molar-refractivity contribution in [3.8, 4) is 0 Å². The van der Waals surface area contributed by atoms with Crippen LogP contribution in [0.5, 0.6) is 0 Å². The summed E-state index contributed by atoms with van der Waals surface area (Å²) in [6, 6.07) is 5.66. The van der Waals surface area contributed by atoms with Crippen LogP contribution in [0.1, 0.15) is 18.9 Å². The molecule has 0 aliphatic heterocycles. The summed E-state index contributed by atoms with van der Waals surface area (Å²) in [5, 5.41) is 4.47. The molecule has 0 fully saturated rings. The Morgan fingerprint density at radius 1 is 1.50 bits per heavy atom. The number of amides is 1. The lowest BCUT2D eigenvalue weighted by Gasteiger charge is -2.17. The maximum atomic E-state index is 11.6. The molecule has 0 unspecified atom stereocenters. The zero-order chi connectivity index (χ0) is 14.0. The van der Waals surface area contributed by atoms with E-state index in [1.54, 1.807) is 25.2 Å². The third-order valence-electron chi connectivity index (χ3n) is 2.60. The summed E-state index contributed by atoms with van der Waals surface area (Å²) in [4.78, 5) is 16.1. The maximum Gasteiger partial charge on any atom is 0.239 e. The third kappa shape index (κ3) is 4.31. The van der Waals surface area contributed by atoms with Gasteiger partial charge >= 0.3 is 0 Å². The number of carbonyl (C=O) groups is 1. The number of nitrogens with zero attached hydrogens (tertiary/aromatic N) is 1. The summed E-state index contributed by atoms with van der Waals surface area (Å²) in [6.07, 6.45) is 0.693. The molecule has 0 aliphatic carbocycles. The topological polar surface area (TPSA) is 68.0 Å². The molecule has 0 bridgehead atoms. The Balaban J connectivity index is 0.00000200. The van der Waals surface area contributed by atoms with Gasteiger partial charge in [0.05, 0.1) is 20.8 Å². The number of nitrogens with two attached hydrogens (primary N) is 1. The van der Waals surface area contributed by atoms with Gasteiger partial charge < -0.3 is 11.1 Å². The molecule has 1 heterocycles. The lowest BCUT2D eigenvalue weighted by Crippen LogP contribution is -2.49. The van der Waals surface area contributed by atoms with Crippen molar-refractivity contribution in [1.82, 2.24) is 10.3 Å². The van der Waals surface area contributed by atoms with Gasteiger partial charge in [-0.2, -0.15) is 0 Å². The van der Waals surface area contributed by atoms with E-state index in [0.717, 1.165) is 15.2 Å². The second-order valence-electron chi connectivity index (χ2n) is 4.95. The Bertz CT molecular complexity index is 607. The fourth-order valence-corrected chi connectivity index (χ4v) is 2.68. The van der Waals surface area contributed by atoms with Gasteiger partial charge in [0.2, 0.25) is 5.91 Å². The van der Waals surface area contributed by atoms with Crippen LogP contribution in [0.4, 0.5) is 0 Å². The minimum atomic E-state index is -0.846. The van der Waals surface area contributed by atoms with Crippen molar-refractivity contribution in [1.29, 1.82) is 0 Å². The Morgan fingerprint density at radius 2 is 2.20 bits per heavy atom. The first-order chi connectivity index (χ1) is 8.86. The monoisotopic (exact) mass is 333 g/mol. The molecule has 0 spiro atoms. The average Bonchev–Trinajstić information content (AvgIpc) is 2.69. The van der Waals surface area contributed by atoms with Crippen molar-refractivity contribution in [2.45, 2.75) is 25.8 Å². The van der Waals surface area contributed by atoms with Crippen LogP contribution >= 0.6 is 35.3 Å². The number of rotatable bonds is 4. The molecule has 1 amide bonds. The molecule has 2 aromatic rings. The number of carbonyl (C=O) groups excluding carboxylic acids is 1. The van der Waals surface area contributed by atoms with Crippen molar-refractivity contribution in [3.63, 3.8) is 0 Å². The highest BCUT2D eigenvalue weighted by molar-refractivity contribution is 7.18. The lowest BCUT2D eigenvalue weighted by atomic mass is 10.1. The third-order valence-corrected chi connectivity index (χ3v) is 3.93. The average molecular weight is 334 g/mol. The van der Waals surface area contributed by atoms with Crippen LogP contribution in [0.3, 0.4) is 0 Å². The normalized spacial score (nSPS) is 11.2. The zero-order valence-electron chi connectivity index (χ0n) is 11.3. The van der Waals surface area contributed by atoms with Gasteiger partial charge in [-0.15, -0.1) is 23.7 Å². The van der Waals surface area contributed by atoms with E-state index in [-0.39, 0.29) is 18.3 Å². The van der Waals surface area contributed by atoms with Crippen LogP contribution in [0.25, 0.3) is 10.2 Å². The molecule has 0 radical (unpaired) electrons. The van der Waals surface area contributed by atoms with Crippen molar-refractivity contribution in [3.05, 3.63) is 28.2 Å². The summed E-state index contributed by atoms with van der Waals surface area (Å²) >= 11 is 7.53. The molecule has 1 aromatic carbocycles. The standard InChI is InChI=1S/C13H16ClN3OS.ClH/c1-13(2,15)12(18)16-6-5-11-17-9-7-8(14)3-4-10(9)19-11;/h3-4,7H,5-6,15H2,1-2H3,(H,16,18);1H. The zero-order valence-corrected chi connectivity index (χ0v) is 13.7. The van der Waals surface area contributed by atoms with Gasteiger partial charge in [0, 0.05) is 18.0 Å². The molecule has 0 saturated heterocycles. The number of benzene rings is 1. The number of thiazole rings is 1. The number of hydrogen-bond acceptors (Lipinski definition) is 4. The molecule has 1 aromatic heterocycles. The van der Waals surface area contributed by atoms with Gasteiger partial charge in [-0.3, -0.25) is 4.79 Å². The van der Waals surface area contributed by atoms with Gasteiger partial charge in [0.15, 0.2) is 0 Å². The van der Waals surface area contributed by atoms with Gasteiger partial charge in [-0.05, 0) is 32.0 Å². The van der Waals surface area contributed by atoms with E-state index in [2.05, 4.69) is 10.3 Å². The van der Waals surface area contributed by atoms with Gasteiger partial charge in [0.25, 0.3) is 0 Å². The molecule has 0 aliphatic rings.